The number of fused-ring (bicyclic) bond motifs is 14. The highest BCUT2D eigenvalue weighted by Crippen LogP contribution is 2.64. The average Bonchev–Trinajstić information content (AvgIpc) is 2.86. The summed E-state index contributed by atoms with van der Waals surface area (Å²) >= 11 is 0. The summed E-state index contributed by atoms with van der Waals surface area (Å²) < 4.78 is 5.61. The zero-order valence-electron chi connectivity index (χ0n) is 52.0. The van der Waals surface area contributed by atoms with Gasteiger partial charge in [-0.1, -0.05) is 230 Å². The van der Waals surface area contributed by atoms with Gasteiger partial charge in [-0.25, -0.2) is 0 Å². The second-order valence-electron chi connectivity index (χ2n) is 32.4. The normalized spacial score (nSPS) is 15.4. The lowest BCUT2D eigenvalue weighted by atomic mass is 9.33. The van der Waals surface area contributed by atoms with Crippen LogP contribution in [0.2, 0.25) is 0 Å². The fourth-order valence-corrected chi connectivity index (χ4v) is 15.0. The lowest BCUT2D eigenvalue weighted by Gasteiger charge is -2.45. The highest BCUT2D eigenvalue weighted by molar-refractivity contribution is 7.00. The zero-order valence-corrected chi connectivity index (χ0v) is 52.0. The van der Waals surface area contributed by atoms with Crippen LogP contribution in [-0.4, -0.2) is 15.8 Å². The summed E-state index contributed by atoms with van der Waals surface area (Å²) in [6.45, 7) is 50.3. The maximum atomic E-state index is 2.84. The lowest BCUT2D eigenvalue weighted by Crippen LogP contribution is -2.61. The Balaban J connectivity index is 1.31. The molecule has 0 fully saturated rings. The van der Waals surface area contributed by atoms with Gasteiger partial charge in [-0.05, 0) is 169 Å². The van der Waals surface area contributed by atoms with E-state index in [2.05, 4.69) is 276 Å². The summed E-state index contributed by atoms with van der Waals surface area (Å²) in [5, 5.41) is 5.45. The van der Waals surface area contributed by atoms with E-state index in [1.54, 1.807) is 0 Å². The minimum atomic E-state index is -0.681. The summed E-state index contributed by atoms with van der Waals surface area (Å²) in [5.41, 5.74) is 31.7. The van der Waals surface area contributed by atoms with Gasteiger partial charge in [-0.2, -0.15) is 0 Å². The molecule has 0 unspecified atom stereocenters. The van der Waals surface area contributed by atoms with E-state index in [4.69, 9.17) is 0 Å². The Morgan fingerprint density at radius 1 is 0.300 bits per heavy atom. The van der Waals surface area contributed by atoms with Crippen LogP contribution in [-0.2, 0) is 43.3 Å². The second kappa shape index (κ2) is 15.5. The predicted molar refractivity (Wildman–Crippen MR) is 347 cm³/mol. The highest BCUT2D eigenvalue weighted by Gasteiger charge is 2.56. The Morgan fingerprint density at radius 2 is 0.688 bits per heavy atom. The van der Waals surface area contributed by atoms with Crippen LogP contribution in [0.25, 0.3) is 77.2 Å². The van der Waals surface area contributed by atoms with Gasteiger partial charge in [0, 0.05) is 43.8 Å². The lowest BCUT2D eigenvalue weighted by molar-refractivity contribution is 0.583. The molecule has 14 rings (SSSR count). The van der Waals surface area contributed by atoms with E-state index in [9.17, 15) is 0 Å². The number of benzene rings is 8. The summed E-state index contributed by atoms with van der Waals surface area (Å²) in [6, 6.07) is 51.0. The Morgan fingerprint density at radius 3 is 1.18 bits per heavy atom. The second-order valence-corrected chi connectivity index (χ2v) is 32.4. The van der Waals surface area contributed by atoms with Crippen molar-refractivity contribution in [3.8, 4) is 33.6 Å². The van der Waals surface area contributed by atoms with Crippen LogP contribution in [0.1, 0.15) is 207 Å². The summed E-state index contributed by atoms with van der Waals surface area (Å²) in [4.78, 5) is 0. The van der Waals surface area contributed by atoms with Crippen molar-refractivity contribution in [1.82, 2.24) is 9.13 Å². The number of nitrogens with zero attached hydrogens (tertiary/aromatic N) is 2. The molecular weight excluding hydrogens is 964 g/mol. The van der Waals surface area contributed by atoms with Gasteiger partial charge in [0.25, 0.3) is 6.71 Å². The van der Waals surface area contributed by atoms with Crippen LogP contribution in [0.15, 0.2) is 121 Å². The molecule has 2 nitrogen and oxygen atoms in total. The molecule has 0 amide bonds. The Kier molecular flexibility index (Phi) is 9.99. The summed E-state index contributed by atoms with van der Waals surface area (Å²) in [6.07, 6.45) is 0. The molecule has 0 atom stereocenters. The Labute approximate surface area is 478 Å². The van der Waals surface area contributed by atoms with Gasteiger partial charge in [-0.3, -0.25) is 0 Å². The van der Waals surface area contributed by atoms with Gasteiger partial charge in [0.15, 0.2) is 0 Å². The van der Waals surface area contributed by atoms with Crippen molar-refractivity contribution in [2.45, 2.75) is 189 Å². The minimum absolute atomic E-state index is 0.00194. The van der Waals surface area contributed by atoms with Crippen LogP contribution >= 0.6 is 0 Å². The first kappa shape index (κ1) is 51.6. The van der Waals surface area contributed by atoms with Crippen molar-refractivity contribution >= 4 is 66.7 Å². The van der Waals surface area contributed by atoms with E-state index in [-0.39, 0.29) is 44.6 Å². The quantitative estimate of drug-likeness (QED) is 0.145. The largest absolute Gasteiger partial charge is 0.310 e. The molecule has 0 saturated carbocycles. The third-order valence-electron chi connectivity index (χ3n) is 19.7. The first-order valence-corrected chi connectivity index (χ1v) is 30.0. The monoisotopic (exact) mass is 1050 g/mol. The first-order chi connectivity index (χ1) is 37.1. The predicted octanol–water partition coefficient (Wildman–Crippen LogP) is 18.4. The van der Waals surface area contributed by atoms with Crippen LogP contribution in [0.3, 0.4) is 0 Å². The van der Waals surface area contributed by atoms with E-state index >= 15 is 0 Å². The molecule has 1 aliphatic carbocycles. The fourth-order valence-electron chi connectivity index (χ4n) is 15.0. The molecule has 0 N–H and O–H groups in total. The van der Waals surface area contributed by atoms with Gasteiger partial charge in [-0.15, -0.1) is 0 Å². The number of rotatable bonds is 1. The zero-order chi connectivity index (χ0) is 57.0. The van der Waals surface area contributed by atoms with Crippen molar-refractivity contribution in [2.75, 3.05) is 0 Å². The first-order valence-electron chi connectivity index (χ1n) is 30.0. The van der Waals surface area contributed by atoms with Crippen molar-refractivity contribution in [3.05, 3.63) is 183 Å². The Hall–Kier alpha value is -6.58. The van der Waals surface area contributed by atoms with E-state index in [1.165, 1.54) is 155 Å². The number of aromatic nitrogens is 2. The fraction of sp³-hybridized carbons (Fsp3) is 0.377. The van der Waals surface area contributed by atoms with Crippen LogP contribution < -0.4 is 16.4 Å². The van der Waals surface area contributed by atoms with Gasteiger partial charge < -0.3 is 9.13 Å². The van der Waals surface area contributed by atoms with E-state index in [0.717, 1.165) is 0 Å². The van der Waals surface area contributed by atoms with Crippen LogP contribution in [0, 0.1) is 0 Å². The van der Waals surface area contributed by atoms with Gasteiger partial charge in [0.05, 0.1) is 22.1 Å². The standard InChI is InChI=1S/C77H83BN2/c1-70(2,3)43-24-22-42(23-25-43)52-41-60-69-64-68(52)79-63-31-28-44(71(4,5)6)32-53(63)54-34-48(75(16,17)18)39-61(66(54)79)78(64)62-40-49(76(19,20)21)35-56-55-33-47(74(13,14)15)38-59(65(55)80(69)67(56)62)77(60)57-36-45(72(7,8)9)26-29-50(57)51-30-27-46(37-58(51)77)73(10,11)12/h22-41H,1-21H3. The van der Waals surface area contributed by atoms with E-state index < -0.39 is 5.41 Å². The molecule has 3 aliphatic heterocycles. The number of hydrogen-bond acceptors (Lipinski definition) is 0. The molecule has 10 aromatic rings. The molecule has 3 heteroatoms. The molecule has 404 valence electrons. The third-order valence-corrected chi connectivity index (χ3v) is 19.7. The van der Waals surface area contributed by atoms with Gasteiger partial charge >= 0.3 is 0 Å². The molecule has 0 radical (unpaired) electrons. The molecule has 0 saturated heterocycles. The van der Waals surface area contributed by atoms with Crippen LogP contribution in [0.5, 0.6) is 0 Å². The summed E-state index contributed by atoms with van der Waals surface area (Å²) in [5.74, 6) is 0. The highest BCUT2D eigenvalue weighted by atomic mass is 15.1. The van der Waals surface area contributed by atoms with Gasteiger partial charge in [0.2, 0.25) is 0 Å². The number of hydrogen-bond donors (Lipinski definition) is 0. The maximum Gasteiger partial charge on any atom is 0.252 e. The average molecular weight is 1050 g/mol. The molecule has 80 heavy (non-hydrogen) atoms. The minimum Gasteiger partial charge on any atom is -0.310 e. The topological polar surface area (TPSA) is 9.86 Å². The molecule has 0 bridgehead atoms. The van der Waals surface area contributed by atoms with Crippen LogP contribution in [0.4, 0.5) is 0 Å². The third kappa shape index (κ3) is 6.79. The van der Waals surface area contributed by atoms with Crippen molar-refractivity contribution < 1.29 is 0 Å². The molecule has 2 aromatic heterocycles. The van der Waals surface area contributed by atoms with Crippen molar-refractivity contribution in [2.24, 2.45) is 0 Å². The molecule has 5 heterocycles. The molecule has 8 aromatic carbocycles. The van der Waals surface area contributed by atoms with Gasteiger partial charge in [0.1, 0.15) is 0 Å². The van der Waals surface area contributed by atoms with E-state index in [0.29, 0.717) is 0 Å². The maximum absolute atomic E-state index is 2.84. The SMILES string of the molecule is CC(C)(C)c1ccc(-c2cc3c4c5c2-n2c6ccc(C(C)(C)C)cc6c6cc(C(C)(C)C)cc(c62)B5c2cc(C(C)(C)C)cc5c6cc(C(C)(C)C)cc(c6n-4c25)C32c3cc(C(C)(C)C)ccc3-c3ccc(C(C)(C)C)cc32)cc1. The molecular formula is C77H83BN2. The smallest absolute Gasteiger partial charge is 0.252 e. The summed E-state index contributed by atoms with van der Waals surface area (Å²) in [7, 11) is 0. The molecule has 4 aliphatic rings. The van der Waals surface area contributed by atoms with E-state index in [1.807, 2.05) is 0 Å². The Bertz CT molecular complexity index is 4350. The van der Waals surface area contributed by atoms with Crippen molar-refractivity contribution in [1.29, 1.82) is 0 Å². The molecule has 1 spiro atoms. The van der Waals surface area contributed by atoms with Crippen molar-refractivity contribution in [3.63, 3.8) is 0 Å².